The van der Waals surface area contributed by atoms with Crippen molar-refractivity contribution in [3.05, 3.63) is 29.6 Å². The molecule has 4 heteroatoms. The molecule has 0 heterocycles. The fraction of sp³-hybridized carbons (Fsp3) is 0.462. The molecule has 94 valence electrons. The molecule has 0 bridgehead atoms. The van der Waals surface area contributed by atoms with Crippen LogP contribution in [0.5, 0.6) is 0 Å². The van der Waals surface area contributed by atoms with Crippen molar-refractivity contribution in [1.29, 1.82) is 0 Å². The molecule has 1 rings (SSSR count). The van der Waals surface area contributed by atoms with E-state index in [1.54, 1.807) is 6.07 Å². The number of anilines is 1. The van der Waals surface area contributed by atoms with E-state index in [0.29, 0.717) is 11.6 Å². The van der Waals surface area contributed by atoms with Crippen LogP contribution in [-0.2, 0) is 0 Å². The Morgan fingerprint density at radius 1 is 1.41 bits per heavy atom. The highest BCUT2D eigenvalue weighted by molar-refractivity contribution is 5.94. The number of aromatic carboxylic acids is 1. The molecule has 0 saturated heterocycles. The predicted octanol–water partition coefficient (Wildman–Crippen LogP) is 3.37. The van der Waals surface area contributed by atoms with Crippen LogP contribution < -0.4 is 5.32 Å². The molecule has 0 aliphatic heterocycles. The van der Waals surface area contributed by atoms with Gasteiger partial charge in [-0.05, 0) is 31.4 Å². The first kappa shape index (κ1) is 13.5. The fourth-order valence-electron chi connectivity index (χ4n) is 1.89. The van der Waals surface area contributed by atoms with Gasteiger partial charge < -0.3 is 10.4 Å². The highest BCUT2D eigenvalue weighted by Gasteiger charge is 2.17. The zero-order valence-electron chi connectivity index (χ0n) is 10.3. The summed E-state index contributed by atoms with van der Waals surface area (Å²) in [7, 11) is 0. The van der Waals surface area contributed by atoms with E-state index in [9.17, 15) is 9.18 Å². The van der Waals surface area contributed by atoms with Gasteiger partial charge in [0.15, 0.2) is 0 Å². The van der Waals surface area contributed by atoms with Gasteiger partial charge in [-0.1, -0.05) is 19.9 Å². The second-order valence-electron chi connectivity index (χ2n) is 4.64. The van der Waals surface area contributed by atoms with Gasteiger partial charge in [-0.15, -0.1) is 0 Å². The third-order valence-corrected chi connectivity index (χ3v) is 2.45. The Balaban J connectivity index is 2.91. The summed E-state index contributed by atoms with van der Waals surface area (Å²) >= 11 is 0. The van der Waals surface area contributed by atoms with Crippen LogP contribution in [0.2, 0.25) is 0 Å². The van der Waals surface area contributed by atoms with Crippen molar-refractivity contribution in [3.63, 3.8) is 0 Å². The van der Waals surface area contributed by atoms with Gasteiger partial charge >= 0.3 is 5.97 Å². The van der Waals surface area contributed by atoms with Crippen LogP contribution in [0.3, 0.4) is 0 Å². The van der Waals surface area contributed by atoms with Gasteiger partial charge in [0.1, 0.15) is 11.4 Å². The van der Waals surface area contributed by atoms with Gasteiger partial charge in [-0.2, -0.15) is 0 Å². The summed E-state index contributed by atoms with van der Waals surface area (Å²) in [5.41, 5.74) is 0.0498. The van der Waals surface area contributed by atoms with E-state index in [0.717, 1.165) is 12.5 Å². The predicted molar refractivity (Wildman–Crippen MR) is 65.9 cm³/mol. The average molecular weight is 239 g/mol. The molecule has 2 N–H and O–H groups in total. The van der Waals surface area contributed by atoms with Crippen molar-refractivity contribution < 1.29 is 14.3 Å². The minimum atomic E-state index is -1.25. The number of halogens is 1. The fourth-order valence-corrected chi connectivity index (χ4v) is 1.89. The Bertz CT molecular complexity index is 404. The van der Waals surface area contributed by atoms with E-state index < -0.39 is 11.8 Å². The molecule has 0 saturated carbocycles. The molecule has 0 aliphatic rings. The lowest BCUT2D eigenvalue weighted by Gasteiger charge is -2.18. The lowest BCUT2D eigenvalue weighted by Crippen LogP contribution is -2.19. The maximum atomic E-state index is 13.4. The molecule has 17 heavy (non-hydrogen) atoms. The molecule has 1 unspecified atom stereocenters. The Labute approximate surface area is 101 Å². The zero-order chi connectivity index (χ0) is 13.0. The third kappa shape index (κ3) is 3.73. The number of rotatable bonds is 5. The summed E-state index contributed by atoms with van der Waals surface area (Å²) in [6, 6.07) is 4.35. The summed E-state index contributed by atoms with van der Waals surface area (Å²) in [6.07, 6.45) is 0.898. The Hall–Kier alpha value is -1.58. The summed E-state index contributed by atoms with van der Waals surface area (Å²) in [4.78, 5) is 11.0. The molecule has 1 aromatic carbocycles. The quantitative estimate of drug-likeness (QED) is 0.828. The highest BCUT2D eigenvalue weighted by Crippen LogP contribution is 2.21. The molecule has 0 aromatic heterocycles. The van der Waals surface area contributed by atoms with E-state index in [4.69, 9.17) is 5.11 Å². The zero-order valence-corrected chi connectivity index (χ0v) is 10.3. The van der Waals surface area contributed by atoms with E-state index in [1.165, 1.54) is 6.07 Å². The molecular weight excluding hydrogens is 221 g/mol. The van der Waals surface area contributed by atoms with E-state index >= 15 is 0 Å². The number of carboxylic acids is 1. The number of carboxylic acid groups (broad SMARTS) is 1. The number of carbonyl (C=O) groups is 1. The van der Waals surface area contributed by atoms with Crippen molar-refractivity contribution in [1.82, 2.24) is 0 Å². The minimum Gasteiger partial charge on any atom is -0.478 e. The van der Waals surface area contributed by atoms with Crippen LogP contribution in [0.4, 0.5) is 10.1 Å². The molecule has 0 spiro atoms. The molecule has 0 fully saturated rings. The van der Waals surface area contributed by atoms with Gasteiger partial charge in [-0.25, -0.2) is 9.18 Å². The van der Waals surface area contributed by atoms with Gasteiger partial charge in [0, 0.05) is 6.04 Å². The summed E-state index contributed by atoms with van der Waals surface area (Å²) in [5, 5.41) is 12.0. The van der Waals surface area contributed by atoms with Crippen LogP contribution in [0, 0.1) is 11.7 Å². The van der Waals surface area contributed by atoms with Crippen molar-refractivity contribution in [2.75, 3.05) is 5.32 Å². The van der Waals surface area contributed by atoms with Crippen LogP contribution in [0.1, 0.15) is 37.6 Å². The van der Waals surface area contributed by atoms with E-state index in [1.807, 2.05) is 6.92 Å². The average Bonchev–Trinajstić information content (AvgIpc) is 2.15. The van der Waals surface area contributed by atoms with Gasteiger partial charge in [0.05, 0.1) is 5.69 Å². The Morgan fingerprint density at radius 2 is 2.06 bits per heavy atom. The lowest BCUT2D eigenvalue weighted by molar-refractivity contribution is 0.0693. The lowest BCUT2D eigenvalue weighted by atomic mass is 10.0. The van der Waals surface area contributed by atoms with Gasteiger partial charge in [0.2, 0.25) is 0 Å². The van der Waals surface area contributed by atoms with Crippen LogP contribution in [0.15, 0.2) is 18.2 Å². The van der Waals surface area contributed by atoms with E-state index in [-0.39, 0.29) is 11.6 Å². The van der Waals surface area contributed by atoms with Crippen molar-refractivity contribution in [2.45, 2.75) is 33.2 Å². The number of hydrogen-bond acceptors (Lipinski definition) is 2. The summed E-state index contributed by atoms with van der Waals surface area (Å²) in [6.45, 7) is 6.13. The van der Waals surface area contributed by atoms with Crippen molar-refractivity contribution in [3.8, 4) is 0 Å². The molecule has 3 nitrogen and oxygen atoms in total. The first-order valence-electron chi connectivity index (χ1n) is 5.70. The second kappa shape index (κ2) is 5.66. The van der Waals surface area contributed by atoms with E-state index in [2.05, 4.69) is 19.2 Å². The van der Waals surface area contributed by atoms with Gasteiger partial charge in [-0.3, -0.25) is 0 Å². The topological polar surface area (TPSA) is 49.3 Å². The van der Waals surface area contributed by atoms with Crippen molar-refractivity contribution in [2.24, 2.45) is 5.92 Å². The normalized spacial score (nSPS) is 12.5. The molecular formula is C13H18FNO2. The Kier molecular flexibility index (Phi) is 4.49. The maximum absolute atomic E-state index is 13.4. The first-order chi connectivity index (χ1) is 7.91. The van der Waals surface area contributed by atoms with Crippen LogP contribution in [0.25, 0.3) is 0 Å². The number of nitrogens with one attached hydrogen (secondary N) is 1. The second-order valence-corrected chi connectivity index (χ2v) is 4.64. The van der Waals surface area contributed by atoms with Crippen LogP contribution in [-0.4, -0.2) is 17.1 Å². The van der Waals surface area contributed by atoms with Crippen molar-refractivity contribution >= 4 is 11.7 Å². The van der Waals surface area contributed by atoms with Gasteiger partial charge in [0.25, 0.3) is 0 Å². The summed E-state index contributed by atoms with van der Waals surface area (Å²) in [5.74, 6) is -1.46. The Morgan fingerprint density at radius 3 is 2.59 bits per heavy atom. The largest absolute Gasteiger partial charge is 0.478 e. The first-order valence-corrected chi connectivity index (χ1v) is 5.70. The molecule has 0 amide bonds. The maximum Gasteiger partial charge on any atom is 0.340 e. The molecule has 0 aliphatic carbocycles. The smallest absolute Gasteiger partial charge is 0.340 e. The molecule has 0 radical (unpaired) electrons. The standard InChI is InChI=1S/C13H18FNO2/c1-8(2)7-9(3)15-11-6-4-5-10(14)12(11)13(16)17/h4-6,8-9,15H,7H2,1-3H3,(H,16,17). The summed E-state index contributed by atoms with van der Waals surface area (Å²) < 4.78 is 13.4. The van der Waals surface area contributed by atoms with Crippen LogP contribution >= 0.6 is 0 Å². The number of benzene rings is 1. The number of hydrogen-bond donors (Lipinski definition) is 2. The molecule has 1 atom stereocenters. The molecule has 1 aromatic rings. The monoisotopic (exact) mass is 239 g/mol. The SMILES string of the molecule is CC(C)CC(C)Nc1cccc(F)c1C(=O)O. The third-order valence-electron chi connectivity index (χ3n) is 2.45. The minimum absolute atomic E-state index is 0.106. The highest BCUT2D eigenvalue weighted by atomic mass is 19.1.